The zero-order valence-electron chi connectivity index (χ0n) is 19.5. The summed E-state index contributed by atoms with van der Waals surface area (Å²) in [6, 6.07) is 17.7. The van der Waals surface area contributed by atoms with Crippen molar-refractivity contribution in [2.75, 3.05) is 13.2 Å². The standard InChI is InChI=1S/C26H30N4O2S/c1-5-31-21-13-11-19(12-14-21)23-22(18(4)30(26(33)27-23)16-15-17(2)3)25-28-24(29-32-25)20-9-7-6-8-10-20/h6-14,17,23H,5,15-16H2,1-4H3,(H,27,33). The van der Waals surface area contributed by atoms with Crippen molar-refractivity contribution in [3.63, 3.8) is 0 Å². The topological polar surface area (TPSA) is 63.4 Å². The molecule has 1 aliphatic rings. The minimum atomic E-state index is -0.201. The van der Waals surface area contributed by atoms with E-state index >= 15 is 0 Å². The molecule has 0 bridgehead atoms. The minimum Gasteiger partial charge on any atom is -0.494 e. The van der Waals surface area contributed by atoms with Crippen molar-refractivity contribution in [3.8, 4) is 17.1 Å². The van der Waals surface area contributed by atoms with Crippen LogP contribution < -0.4 is 10.1 Å². The number of nitrogens with zero attached hydrogens (tertiary/aromatic N) is 3. The second-order valence-corrected chi connectivity index (χ2v) is 8.89. The van der Waals surface area contributed by atoms with E-state index < -0.39 is 0 Å². The van der Waals surface area contributed by atoms with Crippen LogP contribution in [-0.4, -0.2) is 33.3 Å². The normalized spacial score (nSPS) is 16.3. The first-order valence-corrected chi connectivity index (χ1v) is 11.8. The summed E-state index contributed by atoms with van der Waals surface area (Å²) in [5.74, 6) is 2.47. The monoisotopic (exact) mass is 462 g/mol. The van der Waals surface area contributed by atoms with Gasteiger partial charge in [0.05, 0.1) is 18.2 Å². The second kappa shape index (κ2) is 10.2. The van der Waals surface area contributed by atoms with Gasteiger partial charge in [-0.25, -0.2) is 0 Å². The first-order chi connectivity index (χ1) is 16.0. The summed E-state index contributed by atoms with van der Waals surface area (Å²) in [7, 11) is 0. The molecule has 0 fully saturated rings. The van der Waals surface area contributed by atoms with Gasteiger partial charge < -0.3 is 19.5 Å². The van der Waals surface area contributed by atoms with Crippen LogP contribution in [0.25, 0.3) is 17.0 Å². The average molecular weight is 463 g/mol. The molecule has 1 unspecified atom stereocenters. The van der Waals surface area contributed by atoms with E-state index in [9.17, 15) is 0 Å². The molecule has 172 valence electrons. The molecule has 0 saturated carbocycles. The molecule has 1 aliphatic heterocycles. The highest BCUT2D eigenvalue weighted by molar-refractivity contribution is 7.80. The molecule has 0 aliphatic carbocycles. The lowest BCUT2D eigenvalue weighted by Gasteiger charge is -2.37. The van der Waals surface area contributed by atoms with E-state index in [1.54, 1.807) is 0 Å². The van der Waals surface area contributed by atoms with Gasteiger partial charge in [0, 0.05) is 17.8 Å². The Morgan fingerprint density at radius 3 is 2.52 bits per heavy atom. The van der Waals surface area contributed by atoms with Gasteiger partial charge in [-0.15, -0.1) is 0 Å². The summed E-state index contributed by atoms with van der Waals surface area (Å²) in [6.07, 6.45) is 1.03. The molecule has 3 aromatic rings. The fourth-order valence-corrected chi connectivity index (χ4v) is 4.27. The molecule has 0 amide bonds. The average Bonchev–Trinajstić information content (AvgIpc) is 3.29. The Kier molecular flexibility index (Phi) is 7.08. The smallest absolute Gasteiger partial charge is 0.258 e. The van der Waals surface area contributed by atoms with Gasteiger partial charge in [-0.1, -0.05) is 61.5 Å². The molecule has 1 N–H and O–H groups in total. The molecule has 0 radical (unpaired) electrons. The minimum absolute atomic E-state index is 0.201. The molecule has 2 heterocycles. The van der Waals surface area contributed by atoms with Crippen LogP contribution in [0, 0.1) is 5.92 Å². The largest absolute Gasteiger partial charge is 0.494 e. The maximum absolute atomic E-state index is 5.80. The molecule has 1 atom stereocenters. The van der Waals surface area contributed by atoms with Gasteiger partial charge in [-0.2, -0.15) is 4.98 Å². The summed E-state index contributed by atoms with van der Waals surface area (Å²) in [6.45, 7) is 9.95. The number of hydrogen-bond acceptors (Lipinski definition) is 5. The van der Waals surface area contributed by atoms with Crippen molar-refractivity contribution in [2.24, 2.45) is 5.92 Å². The number of rotatable bonds is 8. The molecular formula is C26H30N4O2S. The van der Waals surface area contributed by atoms with Crippen LogP contribution in [-0.2, 0) is 0 Å². The Balaban J connectivity index is 1.75. The molecule has 1 aromatic heterocycles. The van der Waals surface area contributed by atoms with Crippen molar-refractivity contribution in [2.45, 2.75) is 40.2 Å². The van der Waals surface area contributed by atoms with Gasteiger partial charge in [0.1, 0.15) is 5.75 Å². The van der Waals surface area contributed by atoms with E-state index in [0.29, 0.717) is 29.4 Å². The summed E-state index contributed by atoms with van der Waals surface area (Å²) < 4.78 is 11.4. The molecule has 2 aromatic carbocycles. The molecular weight excluding hydrogens is 432 g/mol. The number of nitrogens with one attached hydrogen (secondary N) is 1. The van der Waals surface area contributed by atoms with Gasteiger partial charge in [0.15, 0.2) is 5.11 Å². The maximum Gasteiger partial charge on any atom is 0.258 e. The molecule has 6 nitrogen and oxygen atoms in total. The van der Waals surface area contributed by atoms with Gasteiger partial charge in [-0.05, 0) is 56.1 Å². The summed E-state index contributed by atoms with van der Waals surface area (Å²) in [5, 5.41) is 8.49. The highest BCUT2D eigenvalue weighted by atomic mass is 32.1. The quantitative estimate of drug-likeness (QED) is 0.422. The fraction of sp³-hybridized carbons (Fsp3) is 0.346. The van der Waals surface area contributed by atoms with Gasteiger partial charge in [0.2, 0.25) is 5.82 Å². The number of benzene rings is 2. The number of hydrogen-bond donors (Lipinski definition) is 1. The third-order valence-electron chi connectivity index (χ3n) is 5.74. The fourth-order valence-electron chi connectivity index (χ4n) is 3.93. The van der Waals surface area contributed by atoms with Crippen LogP contribution >= 0.6 is 12.2 Å². The van der Waals surface area contributed by atoms with E-state index in [1.807, 2.05) is 49.4 Å². The van der Waals surface area contributed by atoms with Crippen molar-refractivity contribution in [1.82, 2.24) is 20.4 Å². The third-order valence-corrected chi connectivity index (χ3v) is 6.08. The second-order valence-electron chi connectivity index (χ2n) is 8.51. The predicted molar refractivity (Wildman–Crippen MR) is 135 cm³/mol. The predicted octanol–water partition coefficient (Wildman–Crippen LogP) is 5.84. The van der Waals surface area contributed by atoms with E-state index in [4.69, 9.17) is 26.5 Å². The SMILES string of the molecule is CCOc1ccc(C2NC(=S)N(CCC(C)C)C(C)=C2c2nc(-c3ccccc3)no2)cc1. The lowest BCUT2D eigenvalue weighted by Crippen LogP contribution is -2.46. The van der Waals surface area contributed by atoms with Crippen molar-refractivity contribution in [3.05, 3.63) is 71.7 Å². The zero-order valence-corrected chi connectivity index (χ0v) is 20.4. The van der Waals surface area contributed by atoms with Crippen molar-refractivity contribution in [1.29, 1.82) is 0 Å². The van der Waals surface area contributed by atoms with Crippen LogP contribution in [0.1, 0.15) is 51.6 Å². The van der Waals surface area contributed by atoms with Crippen LogP contribution in [0.3, 0.4) is 0 Å². The Labute approximate surface area is 200 Å². The number of allylic oxidation sites excluding steroid dienone is 1. The Bertz CT molecular complexity index is 1120. The highest BCUT2D eigenvalue weighted by Crippen LogP contribution is 2.38. The lowest BCUT2D eigenvalue weighted by molar-refractivity contribution is 0.340. The Hall–Kier alpha value is -3.19. The van der Waals surface area contributed by atoms with Crippen LogP contribution in [0.2, 0.25) is 0 Å². The molecule has 4 rings (SSSR count). The van der Waals surface area contributed by atoms with Crippen molar-refractivity contribution < 1.29 is 9.26 Å². The summed E-state index contributed by atoms with van der Waals surface area (Å²) >= 11 is 5.77. The molecule has 0 spiro atoms. The van der Waals surface area contributed by atoms with Crippen LogP contribution in [0.4, 0.5) is 0 Å². The summed E-state index contributed by atoms with van der Waals surface area (Å²) in [5.41, 5.74) is 3.94. The highest BCUT2D eigenvalue weighted by Gasteiger charge is 2.34. The lowest BCUT2D eigenvalue weighted by atomic mass is 9.94. The maximum atomic E-state index is 5.80. The van der Waals surface area contributed by atoms with Gasteiger partial charge in [0.25, 0.3) is 5.89 Å². The first kappa shape index (κ1) is 23.0. The molecule has 33 heavy (non-hydrogen) atoms. The molecule has 7 heteroatoms. The third kappa shape index (κ3) is 5.09. The van der Waals surface area contributed by atoms with Crippen LogP contribution in [0.15, 0.2) is 64.8 Å². The van der Waals surface area contributed by atoms with E-state index in [0.717, 1.165) is 41.1 Å². The molecule has 0 saturated heterocycles. The first-order valence-electron chi connectivity index (χ1n) is 11.4. The van der Waals surface area contributed by atoms with Crippen LogP contribution in [0.5, 0.6) is 5.75 Å². The Morgan fingerprint density at radius 2 is 1.85 bits per heavy atom. The number of thiocarbonyl (C=S) groups is 1. The number of aromatic nitrogens is 2. The van der Waals surface area contributed by atoms with E-state index in [1.165, 1.54) is 0 Å². The van der Waals surface area contributed by atoms with Crippen molar-refractivity contribution >= 4 is 22.9 Å². The summed E-state index contributed by atoms with van der Waals surface area (Å²) in [4.78, 5) is 6.90. The zero-order chi connectivity index (χ0) is 23.4. The number of ether oxygens (including phenoxy) is 1. The van der Waals surface area contributed by atoms with E-state index in [-0.39, 0.29) is 6.04 Å². The Morgan fingerprint density at radius 1 is 1.12 bits per heavy atom. The van der Waals surface area contributed by atoms with Gasteiger partial charge in [-0.3, -0.25) is 0 Å². The van der Waals surface area contributed by atoms with E-state index in [2.05, 4.69) is 48.3 Å². The van der Waals surface area contributed by atoms with Gasteiger partial charge >= 0.3 is 0 Å².